The molecule has 0 radical (unpaired) electrons. The Bertz CT molecular complexity index is 535. The molecule has 0 fully saturated rings. The number of anilines is 1. The molecule has 128 valence electrons. The molecule has 6 nitrogen and oxygen atoms in total. The first-order valence-corrected chi connectivity index (χ1v) is 7.48. The minimum Gasteiger partial charge on any atom is -0.480 e. The van der Waals surface area contributed by atoms with Gasteiger partial charge in [-0.25, -0.2) is 0 Å². The van der Waals surface area contributed by atoms with Gasteiger partial charge in [-0.3, -0.25) is 9.59 Å². The highest BCUT2D eigenvalue weighted by molar-refractivity contribution is 6.33. The van der Waals surface area contributed by atoms with Crippen molar-refractivity contribution >= 4 is 29.2 Å². The number of ether oxygens (including phenoxy) is 1. The van der Waals surface area contributed by atoms with Crippen LogP contribution in [0.1, 0.15) is 19.4 Å². The molecule has 0 saturated carbocycles. The molecule has 23 heavy (non-hydrogen) atoms. The molecule has 1 rings (SSSR count). The maximum atomic E-state index is 10.7. The highest BCUT2D eigenvalue weighted by Crippen LogP contribution is 2.26. The summed E-state index contributed by atoms with van der Waals surface area (Å²) in [5.74, 6) is -1.29. The van der Waals surface area contributed by atoms with E-state index in [4.69, 9.17) is 22.4 Å². The molecule has 0 saturated heterocycles. The van der Waals surface area contributed by atoms with E-state index in [1.54, 1.807) is 13.0 Å². The van der Waals surface area contributed by atoms with E-state index in [2.05, 4.69) is 16.6 Å². The zero-order valence-corrected chi connectivity index (χ0v) is 14.1. The van der Waals surface area contributed by atoms with Gasteiger partial charge in [0, 0.05) is 0 Å². The summed E-state index contributed by atoms with van der Waals surface area (Å²) in [6, 6.07) is 4.90. The number of carboxylic acids is 1. The Morgan fingerprint density at radius 1 is 1.52 bits per heavy atom. The summed E-state index contributed by atoms with van der Waals surface area (Å²) in [5, 5.41) is 12.2. The minimum absolute atomic E-state index is 0.0617. The SMILES string of the molecule is C=CCOC(=O)CN.CCc1cccc(Cl)c1N[C@@H](C)C(=O)O. The van der Waals surface area contributed by atoms with Gasteiger partial charge in [0.15, 0.2) is 0 Å². The monoisotopic (exact) mass is 342 g/mol. The van der Waals surface area contributed by atoms with Crippen molar-refractivity contribution in [2.75, 3.05) is 18.5 Å². The second-order valence-electron chi connectivity index (χ2n) is 4.51. The third kappa shape index (κ3) is 8.23. The van der Waals surface area contributed by atoms with Crippen LogP contribution in [0.15, 0.2) is 30.9 Å². The lowest BCUT2D eigenvalue weighted by Crippen LogP contribution is -2.26. The van der Waals surface area contributed by atoms with Crippen LogP contribution in [-0.4, -0.2) is 36.2 Å². The zero-order chi connectivity index (χ0) is 17.8. The van der Waals surface area contributed by atoms with Gasteiger partial charge in [0.1, 0.15) is 12.6 Å². The second kappa shape index (κ2) is 11.5. The Hall–Kier alpha value is -2.05. The Morgan fingerprint density at radius 3 is 2.65 bits per heavy atom. The number of rotatable bonds is 7. The van der Waals surface area contributed by atoms with Crippen LogP contribution in [-0.2, 0) is 20.7 Å². The van der Waals surface area contributed by atoms with Crippen LogP contribution >= 0.6 is 11.6 Å². The van der Waals surface area contributed by atoms with E-state index in [-0.39, 0.29) is 13.2 Å². The first-order chi connectivity index (χ1) is 10.9. The van der Waals surface area contributed by atoms with Crippen molar-refractivity contribution in [2.45, 2.75) is 26.3 Å². The molecule has 7 heteroatoms. The number of aliphatic carboxylic acids is 1. The standard InChI is InChI=1S/C11H14ClNO2.C5H9NO2/c1-3-8-5-4-6-9(12)10(8)13-7(2)11(14)15;1-2-3-8-5(7)4-6/h4-7,13H,3H2,1-2H3,(H,14,15);2H,1,3-4,6H2/t7-;/m0./s1. The number of aryl methyl sites for hydroxylation is 1. The molecular weight excluding hydrogens is 320 g/mol. The lowest BCUT2D eigenvalue weighted by molar-refractivity contribution is -0.140. The van der Waals surface area contributed by atoms with Gasteiger partial charge in [0.2, 0.25) is 0 Å². The topological polar surface area (TPSA) is 102 Å². The lowest BCUT2D eigenvalue weighted by Gasteiger charge is -2.15. The normalized spacial score (nSPS) is 10.8. The molecule has 1 aromatic carbocycles. The Morgan fingerprint density at radius 2 is 2.17 bits per heavy atom. The second-order valence-corrected chi connectivity index (χ2v) is 4.91. The quantitative estimate of drug-likeness (QED) is 0.519. The maximum Gasteiger partial charge on any atom is 0.325 e. The molecular formula is C16H23ClN2O4. The number of carbonyl (C=O) groups excluding carboxylic acids is 1. The van der Waals surface area contributed by atoms with Crippen LogP contribution in [0.4, 0.5) is 5.69 Å². The smallest absolute Gasteiger partial charge is 0.325 e. The third-order valence-corrected chi connectivity index (χ3v) is 3.06. The lowest BCUT2D eigenvalue weighted by atomic mass is 10.1. The van der Waals surface area contributed by atoms with Crippen LogP contribution in [0.5, 0.6) is 0 Å². The fourth-order valence-corrected chi connectivity index (χ4v) is 1.76. The molecule has 0 unspecified atom stereocenters. The fourth-order valence-electron chi connectivity index (χ4n) is 1.51. The molecule has 0 amide bonds. The minimum atomic E-state index is -0.892. The number of hydrogen-bond donors (Lipinski definition) is 3. The number of esters is 1. The predicted octanol–water partition coefficient (Wildman–Crippen LogP) is 2.46. The van der Waals surface area contributed by atoms with Crippen LogP contribution in [0.3, 0.4) is 0 Å². The van der Waals surface area contributed by atoms with E-state index in [1.165, 1.54) is 6.08 Å². The summed E-state index contributed by atoms with van der Waals surface area (Å²) in [4.78, 5) is 20.9. The number of halogens is 1. The molecule has 1 atom stereocenters. The predicted molar refractivity (Wildman–Crippen MR) is 91.8 cm³/mol. The average Bonchev–Trinajstić information content (AvgIpc) is 2.54. The van der Waals surface area contributed by atoms with Crippen LogP contribution in [0.25, 0.3) is 0 Å². The highest BCUT2D eigenvalue weighted by Gasteiger charge is 2.13. The summed E-state index contributed by atoms with van der Waals surface area (Å²) in [6.07, 6.45) is 2.31. The van der Waals surface area contributed by atoms with Crippen LogP contribution < -0.4 is 11.1 Å². The van der Waals surface area contributed by atoms with Gasteiger partial charge in [0.25, 0.3) is 0 Å². The van der Waals surface area contributed by atoms with Gasteiger partial charge in [-0.05, 0) is 25.0 Å². The highest BCUT2D eigenvalue weighted by atomic mass is 35.5. The van der Waals surface area contributed by atoms with Crippen molar-refractivity contribution in [1.82, 2.24) is 0 Å². The molecule has 0 aliphatic rings. The number of carboxylic acid groups (broad SMARTS) is 1. The number of carbonyl (C=O) groups is 2. The van der Waals surface area contributed by atoms with Crippen molar-refractivity contribution in [3.05, 3.63) is 41.4 Å². The number of benzene rings is 1. The van der Waals surface area contributed by atoms with E-state index in [9.17, 15) is 9.59 Å². The molecule has 0 spiro atoms. The molecule has 0 aliphatic carbocycles. The number of nitrogens with two attached hydrogens (primary N) is 1. The van der Waals surface area contributed by atoms with Gasteiger partial charge in [0.05, 0.1) is 17.3 Å². The van der Waals surface area contributed by atoms with Crippen molar-refractivity contribution in [2.24, 2.45) is 5.73 Å². The molecule has 4 N–H and O–H groups in total. The Balaban J connectivity index is 0.000000515. The summed E-state index contributed by atoms with van der Waals surface area (Å²) in [5.41, 5.74) is 6.65. The fraction of sp³-hybridized carbons (Fsp3) is 0.375. The van der Waals surface area contributed by atoms with E-state index in [0.717, 1.165) is 17.7 Å². The number of para-hydroxylation sites is 1. The van der Waals surface area contributed by atoms with Crippen molar-refractivity contribution in [3.8, 4) is 0 Å². The Labute approximate surface area is 141 Å². The first kappa shape index (κ1) is 20.9. The van der Waals surface area contributed by atoms with Gasteiger partial charge in [-0.2, -0.15) is 0 Å². The number of nitrogens with one attached hydrogen (secondary N) is 1. The van der Waals surface area contributed by atoms with Gasteiger partial charge in [-0.1, -0.05) is 43.3 Å². The van der Waals surface area contributed by atoms with Gasteiger partial charge >= 0.3 is 11.9 Å². The number of hydrogen-bond acceptors (Lipinski definition) is 5. The summed E-state index contributed by atoms with van der Waals surface area (Å²) >= 11 is 6.00. The molecule has 0 aliphatic heterocycles. The van der Waals surface area contributed by atoms with E-state index in [1.807, 2.05) is 19.1 Å². The van der Waals surface area contributed by atoms with Crippen molar-refractivity contribution in [3.63, 3.8) is 0 Å². The molecule has 0 aromatic heterocycles. The van der Waals surface area contributed by atoms with E-state index in [0.29, 0.717) is 5.02 Å². The first-order valence-electron chi connectivity index (χ1n) is 7.10. The summed E-state index contributed by atoms with van der Waals surface area (Å²) in [7, 11) is 0. The maximum absolute atomic E-state index is 10.7. The van der Waals surface area contributed by atoms with Crippen LogP contribution in [0.2, 0.25) is 5.02 Å². The average molecular weight is 343 g/mol. The van der Waals surface area contributed by atoms with E-state index < -0.39 is 18.0 Å². The summed E-state index contributed by atoms with van der Waals surface area (Å²) in [6.45, 7) is 7.12. The van der Waals surface area contributed by atoms with Crippen LogP contribution in [0, 0.1) is 0 Å². The van der Waals surface area contributed by atoms with Crippen molar-refractivity contribution in [1.29, 1.82) is 0 Å². The summed E-state index contributed by atoms with van der Waals surface area (Å²) < 4.78 is 4.46. The van der Waals surface area contributed by atoms with Crippen molar-refractivity contribution < 1.29 is 19.4 Å². The third-order valence-electron chi connectivity index (χ3n) is 2.74. The Kier molecular flexibility index (Phi) is 10.5. The molecule has 1 aromatic rings. The molecule has 0 bridgehead atoms. The largest absolute Gasteiger partial charge is 0.480 e. The van der Waals surface area contributed by atoms with Gasteiger partial charge in [-0.15, -0.1) is 0 Å². The zero-order valence-electron chi connectivity index (χ0n) is 13.3. The van der Waals surface area contributed by atoms with Gasteiger partial charge < -0.3 is 20.9 Å². The van der Waals surface area contributed by atoms with E-state index >= 15 is 0 Å². The molecule has 0 heterocycles.